The third kappa shape index (κ3) is 7.15. The number of rotatable bonds is 2. The van der Waals surface area contributed by atoms with Crippen molar-refractivity contribution in [1.29, 1.82) is 0 Å². The van der Waals surface area contributed by atoms with E-state index in [0.717, 1.165) is 11.1 Å². The maximum Gasteiger partial charge on any atom is 0.0292 e. The molecule has 10 heavy (non-hydrogen) atoms. The highest BCUT2D eigenvalue weighted by Gasteiger charge is 1.83. The number of nitrogens with zero attached hydrogens (tertiary/aromatic N) is 1. The molecule has 0 aliphatic heterocycles. The van der Waals surface area contributed by atoms with E-state index in [1.807, 2.05) is 27.7 Å². The molecule has 1 nitrogen and oxygen atoms in total. The van der Waals surface area contributed by atoms with Crippen LogP contribution in [0.5, 0.6) is 0 Å². The lowest BCUT2D eigenvalue weighted by molar-refractivity contribution is 1.33. The summed E-state index contributed by atoms with van der Waals surface area (Å²) < 4.78 is 0. The van der Waals surface area contributed by atoms with Crippen LogP contribution in [0.15, 0.2) is 28.9 Å². The second kappa shape index (κ2) is 8.15. The third-order valence-corrected chi connectivity index (χ3v) is 0.958. The molecule has 0 saturated heterocycles. The number of hydrogen-bond acceptors (Lipinski definition) is 1. The van der Waals surface area contributed by atoms with Gasteiger partial charge in [0.15, 0.2) is 0 Å². The Morgan fingerprint density at radius 2 is 1.70 bits per heavy atom. The van der Waals surface area contributed by atoms with E-state index in [1.165, 1.54) is 0 Å². The van der Waals surface area contributed by atoms with E-state index in [4.69, 9.17) is 0 Å². The van der Waals surface area contributed by atoms with Crippen molar-refractivity contribution in [2.24, 2.45) is 4.99 Å². The van der Waals surface area contributed by atoms with Gasteiger partial charge in [-0.1, -0.05) is 26.0 Å². The normalized spacial score (nSPS) is 9.40. The molecule has 0 bridgehead atoms. The van der Waals surface area contributed by atoms with Crippen molar-refractivity contribution in [2.75, 3.05) is 0 Å². The van der Waals surface area contributed by atoms with Crippen LogP contribution in [-0.2, 0) is 0 Å². The summed E-state index contributed by atoms with van der Waals surface area (Å²) in [5.41, 5.74) is 2.12. The summed E-state index contributed by atoms with van der Waals surface area (Å²) in [6.07, 6.45) is 1.70. The van der Waals surface area contributed by atoms with Gasteiger partial charge in [-0.05, 0) is 26.1 Å². The first-order valence-electron chi connectivity index (χ1n) is 3.47. The van der Waals surface area contributed by atoms with Crippen molar-refractivity contribution >= 4 is 6.72 Å². The fraction of sp³-hybridized carbons (Fsp3) is 0.444. The molecule has 0 aromatic rings. The van der Waals surface area contributed by atoms with Crippen molar-refractivity contribution < 1.29 is 0 Å². The molecule has 0 aliphatic rings. The minimum absolute atomic E-state index is 1.04. The quantitative estimate of drug-likeness (QED) is 0.411. The van der Waals surface area contributed by atoms with Crippen molar-refractivity contribution in [3.8, 4) is 0 Å². The molecular formula is C9H17N. The van der Waals surface area contributed by atoms with Gasteiger partial charge in [0.1, 0.15) is 0 Å². The van der Waals surface area contributed by atoms with Crippen LogP contribution in [0.4, 0.5) is 0 Å². The Morgan fingerprint density at radius 3 is 1.80 bits per heavy atom. The molecule has 1 heteroatoms. The molecule has 0 aromatic heterocycles. The molecule has 0 aliphatic carbocycles. The standard InChI is InChI=1S/C7H11N.C2H6/c1-6(2)7(3)5-8-4;1-2/h5H,1,4H2,2-3H3;1-2H3/b7-5-;. The summed E-state index contributed by atoms with van der Waals surface area (Å²) in [6, 6.07) is 0. The Morgan fingerprint density at radius 1 is 1.30 bits per heavy atom. The lowest BCUT2D eigenvalue weighted by Crippen LogP contribution is -1.72. The van der Waals surface area contributed by atoms with Gasteiger partial charge >= 0.3 is 0 Å². The van der Waals surface area contributed by atoms with Crippen LogP contribution in [0.25, 0.3) is 0 Å². The fourth-order valence-corrected chi connectivity index (χ4v) is 0.247. The summed E-state index contributed by atoms with van der Waals surface area (Å²) in [5.74, 6) is 0. The van der Waals surface area contributed by atoms with Gasteiger partial charge in [0.2, 0.25) is 0 Å². The van der Waals surface area contributed by atoms with Gasteiger partial charge in [0, 0.05) is 6.20 Å². The van der Waals surface area contributed by atoms with Gasteiger partial charge in [0.05, 0.1) is 0 Å². The van der Waals surface area contributed by atoms with E-state index in [1.54, 1.807) is 6.20 Å². The highest BCUT2D eigenvalue weighted by atomic mass is 14.6. The van der Waals surface area contributed by atoms with Crippen molar-refractivity contribution in [3.63, 3.8) is 0 Å². The molecule has 0 fully saturated rings. The molecule has 0 heterocycles. The molecule has 0 rings (SSSR count). The summed E-state index contributed by atoms with van der Waals surface area (Å²) >= 11 is 0. The fourth-order valence-electron chi connectivity index (χ4n) is 0.247. The average molecular weight is 139 g/mol. The maximum atomic E-state index is 3.72. The zero-order valence-corrected chi connectivity index (χ0v) is 7.44. The van der Waals surface area contributed by atoms with Crippen molar-refractivity contribution in [2.45, 2.75) is 27.7 Å². The minimum atomic E-state index is 1.04. The van der Waals surface area contributed by atoms with Crippen LogP contribution in [-0.4, -0.2) is 6.72 Å². The lowest BCUT2D eigenvalue weighted by Gasteiger charge is -1.92. The van der Waals surface area contributed by atoms with Crippen molar-refractivity contribution in [1.82, 2.24) is 0 Å². The minimum Gasteiger partial charge on any atom is -0.272 e. The predicted molar refractivity (Wildman–Crippen MR) is 49.5 cm³/mol. The van der Waals surface area contributed by atoms with Crippen LogP contribution in [0.2, 0.25) is 0 Å². The molecule has 0 atom stereocenters. The van der Waals surface area contributed by atoms with E-state index in [9.17, 15) is 0 Å². The first-order chi connectivity index (χ1) is 4.68. The summed E-state index contributed by atoms with van der Waals surface area (Å²) in [6.45, 7) is 14.9. The molecule has 0 aromatic carbocycles. The summed E-state index contributed by atoms with van der Waals surface area (Å²) in [7, 11) is 0. The van der Waals surface area contributed by atoms with Crippen molar-refractivity contribution in [3.05, 3.63) is 23.9 Å². The largest absolute Gasteiger partial charge is 0.272 e. The molecule has 0 N–H and O–H groups in total. The van der Waals surface area contributed by atoms with Gasteiger partial charge < -0.3 is 0 Å². The monoisotopic (exact) mass is 139 g/mol. The van der Waals surface area contributed by atoms with Crippen LogP contribution >= 0.6 is 0 Å². The van der Waals surface area contributed by atoms with Crippen LogP contribution < -0.4 is 0 Å². The van der Waals surface area contributed by atoms with E-state index in [0.29, 0.717) is 0 Å². The smallest absolute Gasteiger partial charge is 0.0292 e. The zero-order chi connectivity index (χ0) is 8.57. The highest BCUT2D eigenvalue weighted by molar-refractivity contribution is 5.30. The molecule has 0 radical (unpaired) electrons. The van der Waals surface area contributed by atoms with E-state index >= 15 is 0 Å². The molecule has 58 valence electrons. The van der Waals surface area contributed by atoms with Gasteiger partial charge in [-0.3, -0.25) is 4.99 Å². The van der Waals surface area contributed by atoms with Gasteiger partial charge in [-0.2, -0.15) is 0 Å². The van der Waals surface area contributed by atoms with Crippen LogP contribution in [0.3, 0.4) is 0 Å². The highest BCUT2D eigenvalue weighted by Crippen LogP contribution is 2.03. The number of hydrogen-bond donors (Lipinski definition) is 0. The molecule has 0 amide bonds. The zero-order valence-electron chi connectivity index (χ0n) is 7.44. The predicted octanol–water partition coefficient (Wildman–Crippen LogP) is 3.19. The topological polar surface area (TPSA) is 12.4 Å². The molecule has 0 spiro atoms. The summed E-state index contributed by atoms with van der Waals surface area (Å²) in [5, 5.41) is 0. The first kappa shape index (κ1) is 11.9. The average Bonchev–Trinajstić information content (AvgIpc) is 1.93. The third-order valence-electron chi connectivity index (χ3n) is 0.958. The first-order valence-corrected chi connectivity index (χ1v) is 3.47. The molecular weight excluding hydrogens is 122 g/mol. The SMILES string of the molecule is C=N/C=C(/C)C(=C)C.CC. The van der Waals surface area contributed by atoms with Gasteiger partial charge in [-0.15, -0.1) is 0 Å². The lowest BCUT2D eigenvalue weighted by atomic mass is 10.2. The molecule has 0 saturated carbocycles. The maximum absolute atomic E-state index is 3.72. The van der Waals surface area contributed by atoms with E-state index < -0.39 is 0 Å². The van der Waals surface area contributed by atoms with Crippen LogP contribution in [0.1, 0.15) is 27.7 Å². The van der Waals surface area contributed by atoms with Crippen LogP contribution in [0, 0.1) is 0 Å². The molecule has 0 unspecified atom stereocenters. The Labute approximate surface area is 64.2 Å². The second-order valence-electron chi connectivity index (χ2n) is 1.78. The van der Waals surface area contributed by atoms with Gasteiger partial charge in [0.25, 0.3) is 0 Å². The Hall–Kier alpha value is -0.850. The Kier molecular flexibility index (Phi) is 9.69. The number of allylic oxidation sites excluding steroid dienone is 2. The Bertz CT molecular complexity index is 132. The van der Waals surface area contributed by atoms with E-state index in [-0.39, 0.29) is 0 Å². The second-order valence-corrected chi connectivity index (χ2v) is 1.78. The van der Waals surface area contributed by atoms with E-state index in [2.05, 4.69) is 18.3 Å². The van der Waals surface area contributed by atoms with Gasteiger partial charge in [-0.25, -0.2) is 0 Å². The summed E-state index contributed by atoms with van der Waals surface area (Å²) in [4.78, 5) is 3.58. The Balaban J connectivity index is 0. The number of aliphatic imine (C=N–C) groups is 1.